The van der Waals surface area contributed by atoms with Crippen LogP contribution in [-0.2, 0) is 9.59 Å². The van der Waals surface area contributed by atoms with E-state index in [-0.39, 0.29) is 11.3 Å². The van der Waals surface area contributed by atoms with Gasteiger partial charge in [0.25, 0.3) is 11.7 Å². The highest BCUT2D eigenvalue weighted by molar-refractivity contribution is 6.52. The number of aliphatic hydroxyl groups is 1. The fourth-order valence-electron chi connectivity index (χ4n) is 4.40. The lowest BCUT2D eigenvalue weighted by atomic mass is 9.94. The molecule has 0 saturated carbocycles. The number of aliphatic hydroxyl groups excluding tert-OH is 1. The average Bonchev–Trinajstić information content (AvgIpc) is 3.11. The van der Waals surface area contributed by atoms with Gasteiger partial charge in [0.1, 0.15) is 5.76 Å². The highest BCUT2D eigenvalue weighted by Crippen LogP contribution is 2.44. The predicted molar refractivity (Wildman–Crippen MR) is 129 cm³/mol. The van der Waals surface area contributed by atoms with Gasteiger partial charge in [-0.25, -0.2) is 0 Å². The standard InChI is InChI=1S/C28H22N2O3/c1-17-10-11-21(16-18(17)2)26(31)24-25(20-12-14-29-15-13-20)30(28(33)27(24)32)23-9-5-7-19-6-3-4-8-22(19)23/h3-16,25,31H,1-2H3/b26-24+. The van der Waals surface area contributed by atoms with Crippen LogP contribution in [0.5, 0.6) is 0 Å². The van der Waals surface area contributed by atoms with E-state index in [9.17, 15) is 14.7 Å². The Bertz CT molecular complexity index is 1440. The number of rotatable bonds is 3. The molecule has 1 aliphatic heterocycles. The molecular weight excluding hydrogens is 412 g/mol. The average molecular weight is 434 g/mol. The Labute approximate surface area is 191 Å². The van der Waals surface area contributed by atoms with Crippen LogP contribution in [0.2, 0.25) is 0 Å². The van der Waals surface area contributed by atoms with Crippen molar-refractivity contribution in [2.24, 2.45) is 0 Å². The Morgan fingerprint density at radius 1 is 0.879 bits per heavy atom. The summed E-state index contributed by atoms with van der Waals surface area (Å²) in [6, 6.07) is 21.6. The zero-order valence-corrected chi connectivity index (χ0v) is 18.3. The minimum absolute atomic E-state index is 0.0717. The minimum Gasteiger partial charge on any atom is -0.507 e. The number of aromatic nitrogens is 1. The van der Waals surface area contributed by atoms with Gasteiger partial charge < -0.3 is 5.11 Å². The molecule has 5 rings (SSSR count). The quantitative estimate of drug-likeness (QED) is 0.263. The third-order valence-electron chi connectivity index (χ3n) is 6.27. The first-order chi connectivity index (χ1) is 16.0. The molecule has 3 aromatic carbocycles. The number of carbonyl (C=O) groups is 2. The maximum Gasteiger partial charge on any atom is 0.300 e. The predicted octanol–water partition coefficient (Wildman–Crippen LogP) is 5.48. The molecule has 1 amide bonds. The van der Waals surface area contributed by atoms with Crippen LogP contribution in [0, 0.1) is 13.8 Å². The van der Waals surface area contributed by atoms with E-state index in [0.29, 0.717) is 16.8 Å². The summed E-state index contributed by atoms with van der Waals surface area (Å²) >= 11 is 0. The molecule has 0 bridgehead atoms. The molecule has 5 heteroatoms. The summed E-state index contributed by atoms with van der Waals surface area (Å²) in [4.78, 5) is 32.3. The molecule has 1 saturated heterocycles. The lowest BCUT2D eigenvalue weighted by Gasteiger charge is -2.26. The zero-order valence-electron chi connectivity index (χ0n) is 18.3. The van der Waals surface area contributed by atoms with E-state index < -0.39 is 17.7 Å². The number of amides is 1. The van der Waals surface area contributed by atoms with Crippen LogP contribution in [0.1, 0.15) is 28.3 Å². The molecule has 1 N–H and O–H groups in total. The summed E-state index contributed by atoms with van der Waals surface area (Å²) in [5, 5.41) is 13.1. The van der Waals surface area contributed by atoms with Gasteiger partial charge in [0.05, 0.1) is 17.3 Å². The van der Waals surface area contributed by atoms with Gasteiger partial charge in [-0.1, -0.05) is 48.5 Å². The van der Waals surface area contributed by atoms with Gasteiger partial charge >= 0.3 is 0 Å². The lowest BCUT2D eigenvalue weighted by molar-refractivity contribution is -0.132. The Kier molecular flexibility index (Phi) is 5.02. The summed E-state index contributed by atoms with van der Waals surface area (Å²) in [6.07, 6.45) is 3.24. The first kappa shape index (κ1) is 20.6. The largest absolute Gasteiger partial charge is 0.507 e. The van der Waals surface area contributed by atoms with Crippen molar-refractivity contribution in [3.8, 4) is 0 Å². The first-order valence-electron chi connectivity index (χ1n) is 10.7. The van der Waals surface area contributed by atoms with Gasteiger partial charge in [0.15, 0.2) is 0 Å². The number of nitrogens with zero attached hydrogens (tertiary/aromatic N) is 2. The molecule has 4 aromatic rings. The summed E-state index contributed by atoms with van der Waals surface area (Å²) in [5.74, 6) is -1.56. The van der Waals surface area contributed by atoms with Crippen molar-refractivity contribution in [3.05, 3.63) is 113 Å². The van der Waals surface area contributed by atoms with Crippen LogP contribution in [0.4, 0.5) is 5.69 Å². The van der Waals surface area contributed by atoms with Crippen LogP contribution in [0.25, 0.3) is 16.5 Å². The SMILES string of the molecule is Cc1ccc(/C(O)=C2\C(=O)C(=O)N(c3cccc4ccccc34)C2c2ccncc2)cc1C. The number of aryl methyl sites for hydroxylation is 2. The molecule has 33 heavy (non-hydrogen) atoms. The second kappa shape index (κ2) is 8.02. The first-order valence-corrected chi connectivity index (χ1v) is 10.7. The highest BCUT2D eigenvalue weighted by atomic mass is 16.3. The number of ketones is 1. The summed E-state index contributed by atoms with van der Waals surface area (Å²) in [6.45, 7) is 3.93. The van der Waals surface area contributed by atoms with Crippen molar-refractivity contribution in [1.29, 1.82) is 0 Å². The van der Waals surface area contributed by atoms with E-state index in [2.05, 4.69) is 4.98 Å². The number of anilines is 1. The van der Waals surface area contributed by atoms with Crippen molar-refractivity contribution >= 4 is 33.9 Å². The van der Waals surface area contributed by atoms with E-state index in [1.54, 1.807) is 30.6 Å². The number of benzene rings is 3. The number of pyridine rings is 1. The summed E-state index contributed by atoms with van der Waals surface area (Å²) < 4.78 is 0. The third kappa shape index (κ3) is 3.38. The molecular formula is C28H22N2O3. The fraction of sp³-hybridized carbons (Fsp3) is 0.107. The number of Topliss-reactive ketones (excluding diaryl/α,β-unsaturated/α-hetero) is 1. The van der Waals surface area contributed by atoms with Gasteiger partial charge in [0, 0.05) is 23.3 Å². The van der Waals surface area contributed by atoms with Gasteiger partial charge in [0.2, 0.25) is 0 Å². The molecule has 1 aromatic heterocycles. The van der Waals surface area contributed by atoms with Crippen molar-refractivity contribution in [1.82, 2.24) is 4.98 Å². The lowest BCUT2D eigenvalue weighted by Crippen LogP contribution is -2.29. The van der Waals surface area contributed by atoms with E-state index in [0.717, 1.165) is 21.9 Å². The topological polar surface area (TPSA) is 70.5 Å². The van der Waals surface area contributed by atoms with Crippen molar-refractivity contribution in [2.75, 3.05) is 4.90 Å². The maximum atomic E-state index is 13.4. The number of hydrogen-bond acceptors (Lipinski definition) is 4. The maximum absolute atomic E-state index is 13.4. The van der Waals surface area contributed by atoms with Crippen LogP contribution in [0.3, 0.4) is 0 Å². The molecule has 1 atom stereocenters. The molecule has 1 unspecified atom stereocenters. The van der Waals surface area contributed by atoms with Crippen molar-refractivity contribution in [3.63, 3.8) is 0 Å². The normalized spacial score (nSPS) is 17.6. The molecule has 5 nitrogen and oxygen atoms in total. The number of carbonyl (C=O) groups excluding carboxylic acids is 2. The van der Waals surface area contributed by atoms with Gasteiger partial charge in [-0.05, 0) is 60.2 Å². The smallest absolute Gasteiger partial charge is 0.300 e. The molecule has 1 fully saturated rings. The van der Waals surface area contributed by atoms with E-state index in [1.165, 1.54) is 4.90 Å². The molecule has 2 heterocycles. The summed E-state index contributed by atoms with van der Waals surface area (Å²) in [7, 11) is 0. The van der Waals surface area contributed by atoms with Crippen LogP contribution in [0.15, 0.2) is 90.8 Å². The molecule has 0 radical (unpaired) electrons. The fourth-order valence-corrected chi connectivity index (χ4v) is 4.40. The van der Waals surface area contributed by atoms with Crippen LogP contribution < -0.4 is 4.90 Å². The minimum atomic E-state index is -0.777. The molecule has 1 aliphatic rings. The van der Waals surface area contributed by atoms with Crippen molar-refractivity contribution in [2.45, 2.75) is 19.9 Å². The molecule has 0 aliphatic carbocycles. The second-order valence-electron chi connectivity index (χ2n) is 8.25. The van der Waals surface area contributed by atoms with Crippen LogP contribution in [-0.4, -0.2) is 21.8 Å². The van der Waals surface area contributed by atoms with Crippen LogP contribution >= 0.6 is 0 Å². The van der Waals surface area contributed by atoms with E-state index >= 15 is 0 Å². The second-order valence-corrected chi connectivity index (χ2v) is 8.25. The van der Waals surface area contributed by atoms with E-state index in [1.807, 2.05) is 68.4 Å². The Balaban J connectivity index is 1.78. The zero-order chi connectivity index (χ0) is 23.1. The van der Waals surface area contributed by atoms with Gasteiger partial charge in [-0.15, -0.1) is 0 Å². The third-order valence-corrected chi connectivity index (χ3v) is 6.27. The Morgan fingerprint density at radius 3 is 2.36 bits per heavy atom. The monoisotopic (exact) mass is 434 g/mol. The van der Waals surface area contributed by atoms with Gasteiger partial charge in [-0.3, -0.25) is 19.5 Å². The van der Waals surface area contributed by atoms with E-state index in [4.69, 9.17) is 0 Å². The summed E-state index contributed by atoms with van der Waals surface area (Å²) in [5.41, 5.74) is 3.96. The molecule has 162 valence electrons. The Hall–Kier alpha value is -4.25. The number of hydrogen-bond donors (Lipinski definition) is 1. The highest BCUT2D eigenvalue weighted by Gasteiger charge is 2.47. The number of fused-ring (bicyclic) bond motifs is 1. The van der Waals surface area contributed by atoms with Crippen molar-refractivity contribution < 1.29 is 14.7 Å². The van der Waals surface area contributed by atoms with Gasteiger partial charge in [-0.2, -0.15) is 0 Å². The Morgan fingerprint density at radius 2 is 1.61 bits per heavy atom. The molecule has 0 spiro atoms.